The molecule has 0 spiro atoms. The molecule has 0 unspecified atom stereocenters. The summed E-state index contributed by atoms with van der Waals surface area (Å²) in [5.41, 5.74) is 5.68. The molecule has 2 aromatic rings. The van der Waals surface area contributed by atoms with Gasteiger partial charge in [-0.05, 0) is 36.2 Å². The standard InChI is InChI=1S/C21H25N3O4/c1-15(2)14-28-18-10-6-7-16(13-18)21(27)24-23-20(26)12-11-19(25)22-17-8-4-3-5-9-17/h3-10,13,15H,11-12,14H2,1-2H3,(H,22,25)(H,23,26)(H,24,27). The molecule has 0 aromatic heterocycles. The van der Waals surface area contributed by atoms with E-state index < -0.39 is 11.8 Å². The molecule has 0 aliphatic rings. The Labute approximate surface area is 164 Å². The number of para-hydroxylation sites is 1. The average molecular weight is 383 g/mol. The van der Waals surface area contributed by atoms with Gasteiger partial charge in [0.1, 0.15) is 5.75 Å². The van der Waals surface area contributed by atoms with Crippen LogP contribution in [0.4, 0.5) is 5.69 Å². The molecule has 0 heterocycles. The van der Waals surface area contributed by atoms with E-state index in [1.165, 1.54) is 0 Å². The van der Waals surface area contributed by atoms with Gasteiger partial charge in [-0.1, -0.05) is 38.1 Å². The minimum Gasteiger partial charge on any atom is -0.493 e. The highest BCUT2D eigenvalue weighted by atomic mass is 16.5. The number of rotatable bonds is 8. The Morgan fingerprint density at radius 2 is 1.61 bits per heavy atom. The van der Waals surface area contributed by atoms with Gasteiger partial charge in [0.05, 0.1) is 6.61 Å². The zero-order valence-electron chi connectivity index (χ0n) is 16.0. The molecule has 0 aliphatic heterocycles. The first-order valence-corrected chi connectivity index (χ1v) is 9.11. The summed E-state index contributed by atoms with van der Waals surface area (Å²) in [6.07, 6.45) is -0.0361. The van der Waals surface area contributed by atoms with Crippen LogP contribution >= 0.6 is 0 Å². The molecule has 28 heavy (non-hydrogen) atoms. The summed E-state index contributed by atoms with van der Waals surface area (Å²) in [6, 6.07) is 15.7. The number of carbonyl (C=O) groups excluding carboxylic acids is 3. The molecule has 7 heteroatoms. The maximum absolute atomic E-state index is 12.2. The zero-order chi connectivity index (χ0) is 20.4. The normalized spacial score (nSPS) is 10.2. The maximum atomic E-state index is 12.2. The SMILES string of the molecule is CC(C)COc1cccc(C(=O)NNC(=O)CCC(=O)Nc2ccccc2)c1. The van der Waals surface area contributed by atoms with Gasteiger partial charge < -0.3 is 10.1 Å². The molecule has 3 N–H and O–H groups in total. The number of hydrogen-bond acceptors (Lipinski definition) is 4. The van der Waals surface area contributed by atoms with Crippen LogP contribution in [0.25, 0.3) is 0 Å². The highest BCUT2D eigenvalue weighted by molar-refractivity contribution is 5.96. The van der Waals surface area contributed by atoms with Gasteiger partial charge in [-0.2, -0.15) is 0 Å². The summed E-state index contributed by atoms with van der Waals surface area (Å²) in [5.74, 6) is -0.232. The second-order valence-corrected chi connectivity index (χ2v) is 6.65. The van der Waals surface area contributed by atoms with E-state index in [0.29, 0.717) is 29.5 Å². The van der Waals surface area contributed by atoms with Crippen LogP contribution in [0, 0.1) is 5.92 Å². The van der Waals surface area contributed by atoms with Crippen molar-refractivity contribution in [2.45, 2.75) is 26.7 Å². The second kappa shape index (κ2) is 10.7. The average Bonchev–Trinajstić information content (AvgIpc) is 2.70. The van der Waals surface area contributed by atoms with Crippen molar-refractivity contribution >= 4 is 23.4 Å². The lowest BCUT2D eigenvalue weighted by Gasteiger charge is -2.11. The van der Waals surface area contributed by atoms with Gasteiger partial charge >= 0.3 is 0 Å². The molecule has 0 radical (unpaired) electrons. The Morgan fingerprint density at radius 3 is 2.32 bits per heavy atom. The Balaban J connectivity index is 1.74. The van der Waals surface area contributed by atoms with E-state index >= 15 is 0 Å². The van der Waals surface area contributed by atoms with E-state index in [1.54, 1.807) is 48.5 Å². The Hall–Kier alpha value is -3.35. The first-order chi connectivity index (χ1) is 13.4. The van der Waals surface area contributed by atoms with Crippen LogP contribution < -0.4 is 20.9 Å². The summed E-state index contributed by atoms with van der Waals surface area (Å²) in [5, 5.41) is 2.69. The first kappa shape index (κ1) is 21.0. The fourth-order valence-corrected chi connectivity index (χ4v) is 2.22. The van der Waals surface area contributed by atoms with Crippen LogP contribution in [-0.4, -0.2) is 24.3 Å². The first-order valence-electron chi connectivity index (χ1n) is 9.11. The lowest BCUT2D eigenvalue weighted by molar-refractivity contribution is -0.124. The lowest BCUT2D eigenvalue weighted by Crippen LogP contribution is -2.41. The summed E-state index contributed by atoms with van der Waals surface area (Å²) < 4.78 is 5.59. The van der Waals surface area contributed by atoms with Gasteiger partial charge in [-0.15, -0.1) is 0 Å². The summed E-state index contributed by atoms with van der Waals surface area (Å²) in [6.45, 7) is 4.62. The third-order valence-electron chi connectivity index (χ3n) is 3.63. The van der Waals surface area contributed by atoms with Crippen molar-refractivity contribution in [3.8, 4) is 5.75 Å². The van der Waals surface area contributed by atoms with Crippen molar-refractivity contribution in [2.75, 3.05) is 11.9 Å². The van der Waals surface area contributed by atoms with Crippen LogP contribution in [0.15, 0.2) is 54.6 Å². The third-order valence-corrected chi connectivity index (χ3v) is 3.63. The molecule has 0 atom stereocenters. The van der Waals surface area contributed by atoms with Crippen molar-refractivity contribution in [1.29, 1.82) is 0 Å². The predicted octanol–water partition coefficient (Wildman–Crippen LogP) is 2.90. The molecule has 7 nitrogen and oxygen atoms in total. The van der Waals surface area contributed by atoms with Crippen molar-refractivity contribution in [3.63, 3.8) is 0 Å². The van der Waals surface area contributed by atoms with Crippen molar-refractivity contribution < 1.29 is 19.1 Å². The summed E-state index contributed by atoms with van der Waals surface area (Å²) >= 11 is 0. The number of ether oxygens (including phenoxy) is 1. The minimum atomic E-state index is -0.461. The summed E-state index contributed by atoms with van der Waals surface area (Å²) in [4.78, 5) is 35.8. The molecule has 3 amide bonds. The van der Waals surface area contributed by atoms with E-state index in [9.17, 15) is 14.4 Å². The Morgan fingerprint density at radius 1 is 0.893 bits per heavy atom. The van der Waals surface area contributed by atoms with Crippen molar-refractivity contribution in [2.24, 2.45) is 5.92 Å². The predicted molar refractivity (Wildman–Crippen MR) is 107 cm³/mol. The fourth-order valence-electron chi connectivity index (χ4n) is 2.22. The lowest BCUT2D eigenvalue weighted by atomic mass is 10.2. The van der Waals surface area contributed by atoms with Gasteiger partial charge in [0.2, 0.25) is 11.8 Å². The molecule has 0 fully saturated rings. The van der Waals surface area contributed by atoms with E-state index in [4.69, 9.17) is 4.74 Å². The molecular weight excluding hydrogens is 358 g/mol. The largest absolute Gasteiger partial charge is 0.493 e. The fraction of sp³-hybridized carbons (Fsp3) is 0.286. The monoisotopic (exact) mass is 383 g/mol. The van der Waals surface area contributed by atoms with E-state index in [0.717, 1.165) is 0 Å². The zero-order valence-corrected chi connectivity index (χ0v) is 16.0. The van der Waals surface area contributed by atoms with Crippen molar-refractivity contribution in [3.05, 3.63) is 60.2 Å². The molecule has 148 valence electrons. The van der Waals surface area contributed by atoms with Crippen LogP contribution in [0.2, 0.25) is 0 Å². The maximum Gasteiger partial charge on any atom is 0.269 e. The molecule has 2 aromatic carbocycles. The van der Waals surface area contributed by atoms with Crippen LogP contribution in [0.1, 0.15) is 37.0 Å². The molecule has 2 rings (SSSR count). The van der Waals surface area contributed by atoms with Crippen LogP contribution in [0.5, 0.6) is 5.75 Å². The van der Waals surface area contributed by atoms with Gasteiger partial charge in [0.25, 0.3) is 5.91 Å². The highest BCUT2D eigenvalue weighted by Gasteiger charge is 2.10. The number of hydrazine groups is 1. The molecule has 0 saturated carbocycles. The number of amides is 3. The van der Waals surface area contributed by atoms with Gasteiger partial charge in [-0.3, -0.25) is 25.2 Å². The molecule has 0 bridgehead atoms. The van der Waals surface area contributed by atoms with Gasteiger partial charge in [0, 0.05) is 24.1 Å². The smallest absolute Gasteiger partial charge is 0.269 e. The van der Waals surface area contributed by atoms with E-state index in [-0.39, 0.29) is 18.7 Å². The van der Waals surface area contributed by atoms with Crippen LogP contribution in [0.3, 0.4) is 0 Å². The third kappa shape index (κ3) is 7.49. The number of anilines is 1. The van der Waals surface area contributed by atoms with Gasteiger partial charge in [-0.25, -0.2) is 0 Å². The molecule has 0 aliphatic carbocycles. The van der Waals surface area contributed by atoms with Gasteiger partial charge in [0.15, 0.2) is 0 Å². The number of nitrogens with one attached hydrogen (secondary N) is 3. The van der Waals surface area contributed by atoms with E-state index in [1.807, 2.05) is 19.9 Å². The number of carbonyl (C=O) groups is 3. The minimum absolute atomic E-state index is 0.00905. The van der Waals surface area contributed by atoms with Crippen LogP contribution in [-0.2, 0) is 9.59 Å². The van der Waals surface area contributed by atoms with Crippen molar-refractivity contribution in [1.82, 2.24) is 10.9 Å². The Kier molecular flexibility index (Phi) is 8.02. The number of hydrogen-bond donors (Lipinski definition) is 3. The number of benzene rings is 2. The quantitative estimate of drug-likeness (QED) is 0.611. The topological polar surface area (TPSA) is 96.5 Å². The molecule has 0 saturated heterocycles. The summed E-state index contributed by atoms with van der Waals surface area (Å²) in [7, 11) is 0. The van der Waals surface area contributed by atoms with E-state index in [2.05, 4.69) is 16.2 Å². The Bertz CT molecular complexity index is 806. The molecular formula is C21H25N3O4. The highest BCUT2D eigenvalue weighted by Crippen LogP contribution is 2.14. The second-order valence-electron chi connectivity index (χ2n) is 6.65.